The first-order valence-electron chi connectivity index (χ1n) is 5.86. The number of nitrogens with zero attached hydrogens (tertiary/aromatic N) is 1. The number of rotatable bonds is 6. The Labute approximate surface area is 124 Å². The summed E-state index contributed by atoms with van der Waals surface area (Å²) in [6.07, 6.45) is 2.15. The number of halogens is 1. The number of nitro groups is 1. The smallest absolute Gasteiger partial charge is 0.270 e. The molecule has 20 heavy (non-hydrogen) atoms. The highest BCUT2D eigenvalue weighted by molar-refractivity contribution is 7.84. The maximum atomic E-state index is 12.0. The molecule has 0 aliphatic rings. The predicted molar refractivity (Wildman–Crippen MR) is 78.6 cm³/mol. The average molecular weight is 319 g/mol. The largest absolute Gasteiger partial charge is 0.350 e. The standard InChI is InChI=1S/C12H15ClN2O4S/c1-8(5-6-20(2)19)14-12(16)10-7-9(15(17)18)3-4-11(10)13/h3-4,7-8H,5-6H2,1-2H3,(H,14,16). The van der Waals surface area contributed by atoms with E-state index in [4.69, 9.17) is 11.6 Å². The molecule has 1 aromatic carbocycles. The number of hydrogen-bond acceptors (Lipinski definition) is 4. The first-order chi connectivity index (χ1) is 9.31. The van der Waals surface area contributed by atoms with E-state index in [1.54, 1.807) is 13.2 Å². The first kappa shape index (κ1) is 16.6. The highest BCUT2D eigenvalue weighted by Crippen LogP contribution is 2.22. The van der Waals surface area contributed by atoms with Crippen LogP contribution in [0.2, 0.25) is 5.02 Å². The van der Waals surface area contributed by atoms with E-state index in [9.17, 15) is 19.1 Å². The Morgan fingerprint density at radius 1 is 1.55 bits per heavy atom. The summed E-state index contributed by atoms with van der Waals surface area (Å²) in [6.45, 7) is 1.77. The van der Waals surface area contributed by atoms with E-state index >= 15 is 0 Å². The van der Waals surface area contributed by atoms with Crippen LogP contribution in [0.5, 0.6) is 0 Å². The number of hydrogen-bond donors (Lipinski definition) is 1. The van der Waals surface area contributed by atoms with Gasteiger partial charge in [0.25, 0.3) is 11.6 Å². The monoisotopic (exact) mass is 318 g/mol. The van der Waals surface area contributed by atoms with Gasteiger partial charge in [0, 0.05) is 41.0 Å². The molecule has 0 heterocycles. The van der Waals surface area contributed by atoms with Crippen LogP contribution < -0.4 is 5.32 Å². The Kier molecular flexibility index (Phi) is 6.09. The SMILES string of the molecule is CC(CCS(C)=O)NC(=O)c1cc([N+](=O)[O-])ccc1Cl. The quantitative estimate of drug-likeness (QED) is 0.642. The third-order valence-corrected chi connectivity index (χ3v) is 3.76. The molecule has 0 saturated heterocycles. The molecule has 8 heteroatoms. The van der Waals surface area contributed by atoms with Gasteiger partial charge in [-0.05, 0) is 19.4 Å². The maximum Gasteiger partial charge on any atom is 0.270 e. The second kappa shape index (κ2) is 7.35. The lowest BCUT2D eigenvalue weighted by Gasteiger charge is -2.13. The van der Waals surface area contributed by atoms with E-state index in [1.807, 2.05) is 0 Å². The van der Waals surface area contributed by atoms with Gasteiger partial charge < -0.3 is 5.32 Å². The molecule has 0 saturated carbocycles. The molecule has 2 atom stereocenters. The van der Waals surface area contributed by atoms with Crippen molar-refractivity contribution in [2.45, 2.75) is 19.4 Å². The number of nitrogens with one attached hydrogen (secondary N) is 1. The van der Waals surface area contributed by atoms with Crippen molar-refractivity contribution in [2.75, 3.05) is 12.0 Å². The highest BCUT2D eigenvalue weighted by Gasteiger charge is 2.17. The summed E-state index contributed by atoms with van der Waals surface area (Å²) >= 11 is 5.87. The van der Waals surface area contributed by atoms with Crippen molar-refractivity contribution in [1.82, 2.24) is 5.32 Å². The van der Waals surface area contributed by atoms with Crippen LogP contribution in [0, 0.1) is 10.1 Å². The van der Waals surface area contributed by atoms with E-state index in [-0.39, 0.29) is 22.3 Å². The highest BCUT2D eigenvalue weighted by atomic mass is 35.5. The normalized spacial score (nSPS) is 13.6. The number of benzene rings is 1. The molecule has 6 nitrogen and oxygen atoms in total. The predicted octanol–water partition coefficient (Wildman–Crippen LogP) is 2.14. The minimum atomic E-state index is -0.926. The lowest BCUT2D eigenvalue weighted by atomic mass is 10.1. The van der Waals surface area contributed by atoms with E-state index in [2.05, 4.69) is 5.32 Å². The van der Waals surface area contributed by atoms with Gasteiger partial charge in [0.1, 0.15) is 0 Å². The zero-order valence-electron chi connectivity index (χ0n) is 11.1. The Morgan fingerprint density at radius 3 is 2.75 bits per heavy atom. The van der Waals surface area contributed by atoms with Crippen LogP contribution in [-0.2, 0) is 10.8 Å². The van der Waals surface area contributed by atoms with Crippen molar-refractivity contribution < 1.29 is 13.9 Å². The van der Waals surface area contributed by atoms with Crippen LogP contribution in [0.3, 0.4) is 0 Å². The molecule has 1 rings (SSSR count). The first-order valence-corrected chi connectivity index (χ1v) is 7.96. The van der Waals surface area contributed by atoms with Crippen molar-refractivity contribution in [3.63, 3.8) is 0 Å². The molecule has 0 aliphatic carbocycles. The van der Waals surface area contributed by atoms with E-state index in [1.165, 1.54) is 12.1 Å². The molecule has 0 bridgehead atoms. The van der Waals surface area contributed by atoms with Crippen LogP contribution in [0.4, 0.5) is 5.69 Å². The number of carbonyl (C=O) groups is 1. The van der Waals surface area contributed by atoms with Gasteiger partial charge in [0.2, 0.25) is 0 Å². The summed E-state index contributed by atoms with van der Waals surface area (Å²) < 4.78 is 11.0. The number of amides is 1. The Balaban J connectivity index is 2.79. The zero-order chi connectivity index (χ0) is 15.3. The molecular weight excluding hydrogens is 304 g/mol. The molecule has 1 aromatic rings. The van der Waals surface area contributed by atoms with E-state index in [0.29, 0.717) is 12.2 Å². The van der Waals surface area contributed by atoms with Gasteiger partial charge in [-0.15, -0.1) is 0 Å². The van der Waals surface area contributed by atoms with E-state index in [0.717, 1.165) is 6.07 Å². The van der Waals surface area contributed by atoms with Crippen LogP contribution in [0.1, 0.15) is 23.7 Å². The lowest BCUT2D eigenvalue weighted by Crippen LogP contribution is -2.33. The average Bonchev–Trinajstić information content (AvgIpc) is 2.36. The van der Waals surface area contributed by atoms with Crippen LogP contribution in [0.15, 0.2) is 18.2 Å². The van der Waals surface area contributed by atoms with Gasteiger partial charge in [-0.1, -0.05) is 11.6 Å². The minimum Gasteiger partial charge on any atom is -0.350 e. The molecule has 0 aliphatic heterocycles. The molecule has 2 unspecified atom stereocenters. The van der Waals surface area contributed by atoms with Crippen molar-refractivity contribution in [1.29, 1.82) is 0 Å². The summed E-state index contributed by atoms with van der Waals surface area (Å²) in [5, 5.41) is 13.5. The third-order valence-electron chi connectivity index (χ3n) is 2.62. The minimum absolute atomic E-state index is 0.0605. The van der Waals surface area contributed by atoms with Gasteiger partial charge in [0.15, 0.2) is 0 Å². The zero-order valence-corrected chi connectivity index (χ0v) is 12.7. The van der Waals surface area contributed by atoms with Gasteiger partial charge in [-0.3, -0.25) is 19.1 Å². The van der Waals surface area contributed by atoms with Gasteiger partial charge in [-0.25, -0.2) is 0 Å². The van der Waals surface area contributed by atoms with Crippen molar-refractivity contribution in [3.8, 4) is 0 Å². The summed E-state index contributed by atoms with van der Waals surface area (Å²) in [4.78, 5) is 22.1. The van der Waals surface area contributed by atoms with Gasteiger partial charge in [0.05, 0.1) is 15.5 Å². The maximum absolute atomic E-state index is 12.0. The molecule has 110 valence electrons. The molecule has 1 N–H and O–H groups in total. The number of non-ortho nitro benzene ring substituents is 1. The van der Waals surface area contributed by atoms with Crippen molar-refractivity contribution in [3.05, 3.63) is 38.9 Å². The molecule has 1 amide bonds. The van der Waals surface area contributed by atoms with Crippen LogP contribution in [-0.4, -0.2) is 33.1 Å². The van der Waals surface area contributed by atoms with Crippen LogP contribution in [0.25, 0.3) is 0 Å². The van der Waals surface area contributed by atoms with Crippen LogP contribution >= 0.6 is 11.6 Å². The number of carbonyl (C=O) groups excluding carboxylic acids is 1. The van der Waals surface area contributed by atoms with Crippen molar-refractivity contribution in [2.24, 2.45) is 0 Å². The Hall–Kier alpha value is -1.47. The fraction of sp³-hybridized carbons (Fsp3) is 0.417. The Bertz CT molecular complexity index is 550. The Morgan fingerprint density at radius 2 is 2.20 bits per heavy atom. The topological polar surface area (TPSA) is 89.3 Å². The molecule has 0 aromatic heterocycles. The second-order valence-corrected chi connectivity index (χ2v) is 6.32. The molecule has 0 spiro atoms. The van der Waals surface area contributed by atoms with Gasteiger partial charge >= 0.3 is 0 Å². The fourth-order valence-electron chi connectivity index (χ4n) is 1.52. The number of nitro benzene ring substituents is 1. The van der Waals surface area contributed by atoms with Crippen molar-refractivity contribution >= 4 is 34.0 Å². The summed E-state index contributed by atoms with van der Waals surface area (Å²) in [5.41, 5.74) is -0.132. The fourth-order valence-corrected chi connectivity index (χ4v) is 2.41. The van der Waals surface area contributed by atoms with E-state index < -0.39 is 21.6 Å². The summed E-state index contributed by atoms with van der Waals surface area (Å²) in [7, 11) is -0.926. The summed E-state index contributed by atoms with van der Waals surface area (Å²) in [6, 6.07) is 3.51. The second-order valence-electron chi connectivity index (χ2n) is 4.36. The molecule has 0 radical (unpaired) electrons. The summed E-state index contributed by atoms with van der Waals surface area (Å²) in [5.74, 6) is -0.00232. The third kappa shape index (κ3) is 4.90. The lowest BCUT2D eigenvalue weighted by molar-refractivity contribution is -0.384. The molecular formula is C12H15ClN2O4S. The molecule has 0 fully saturated rings. The van der Waals surface area contributed by atoms with Gasteiger partial charge in [-0.2, -0.15) is 0 Å².